The normalized spacial score (nSPS) is 22.5. The number of anilines is 1. The quantitative estimate of drug-likeness (QED) is 0.0315. The van der Waals surface area contributed by atoms with Crippen LogP contribution in [0.4, 0.5) is 23.2 Å². The Balaban J connectivity index is 0.808. The molecule has 4 aromatic rings. The van der Waals surface area contributed by atoms with Crippen LogP contribution in [0.3, 0.4) is 0 Å². The number of nitrogens with zero attached hydrogens (tertiary/aromatic N) is 4. The van der Waals surface area contributed by atoms with Gasteiger partial charge in [0.05, 0.1) is 11.4 Å². The highest BCUT2D eigenvalue weighted by atomic mass is 32.1. The Kier molecular flexibility index (Phi) is 19.6. The smallest absolute Gasteiger partial charge is 0.382 e. The molecular formula is C63H77F4N10O12PS. The van der Waals surface area contributed by atoms with E-state index in [2.05, 4.69) is 47.4 Å². The first-order valence-electron chi connectivity index (χ1n) is 30.9. The molecule has 91 heavy (non-hydrogen) atoms. The zero-order chi connectivity index (χ0) is 65.5. The number of thiophene rings is 1. The molecule has 6 heterocycles. The standard InChI is InChI=1S/C63H77F4N10O12PS/c1-61(2,3)38-6-4-35(5-7-38)28-45(59(85)75-26-23-62(24-27-75)21-18-40(19-22-62)69-41-9-11-43-37(30-41)32-76(58(43)84)47-14-17-53(79)73-55(47)81)71-54(80)44(12-16-52(68)78)70-56(82)48-13-10-42-20-25-74(34-51(64)65)33-46(60(86)77(42)48)72-57(83)50-31-36-29-39(8-15-49(36)91-50)63(66,67)90(87,88)89/h4-9,11,15,29-31,40,42,44-48,51,69H,10,12-14,16-28,32-34H2,1-3H3,(H2,68,78)(H,70,82)(H,71,80)(H,72,83)(H,73,79,81)(H2,87,88,89)/t42-,44+,45+,46+,47?,48+/m1/s1. The zero-order valence-corrected chi connectivity index (χ0v) is 52.5. The van der Waals surface area contributed by atoms with Crippen LogP contribution < -0.4 is 32.3 Å². The van der Waals surface area contributed by atoms with E-state index in [4.69, 9.17) is 5.73 Å². The van der Waals surface area contributed by atoms with Crippen LogP contribution in [0.5, 0.6) is 0 Å². The highest BCUT2D eigenvalue weighted by molar-refractivity contribution is 7.52. The minimum Gasteiger partial charge on any atom is -0.382 e. The summed E-state index contributed by atoms with van der Waals surface area (Å²) in [6.45, 7) is 6.18. The number of halogens is 4. The molecule has 5 aliphatic heterocycles. The van der Waals surface area contributed by atoms with Gasteiger partial charge in [0.15, 0.2) is 0 Å². The average molecular weight is 1310 g/mol. The van der Waals surface area contributed by atoms with Crippen LogP contribution in [0.25, 0.3) is 10.1 Å². The first-order valence-corrected chi connectivity index (χ1v) is 33.3. The first-order chi connectivity index (χ1) is 42.9. The van der Waals surface area contributed by atoms with Crippen molar-refractivity contribution in [1.82, 2.24) is 40.9 Å². The Morgan fingerprint density at radius 1 is 0.835 bits per heavy atom. The predicted octanol–water partition coefficient (Wildman–Crippen LogP) is 5.76. The summed E-state index contributed by atoms with van der Waals surface area (Å²) in [4.78, 5) is 148. The number of hydrogen-bond acceptors (Lipinski definition) is 13. The molecule has 1 aliphatic carbocycles. The molecule has 0 radical (unpaired) electrons. The lowest BCUT2D eigenvalue weighted by atomic mass is 9.67. The van der Waals surface area contributed by atoms with Gasteiger partial charge < -0.3 is 51.5 Å². The number of piperidine rings is 2. The van der Waals surface area contributed by atoms with Gasteiger partial charge in [0, 0.05) is 85.6 Å². The van der Waals surface area contributed by atoms with Gasteiger partial charge in [-0.25, -0.2) is 8.78 Å². The molecule has 1 saturated carbocycles. The highest BCUT2D eigenvalue weighted by Crippen LogP contribution is 2.59. The van der Waals surface area contributed by atoms with Crippen molar-refractivity contribution in [3.05, 3.63) is 99.4 Å². The molecule has 6 atom stereocenters. The third-order valence-corrected chi connectivity index (χ3v) is 21.1. The molecule has 6 aliphatic rings. The molecule has 4 saturated heterocycles. The van der Waals surface area contributed by atoms with Gasteiger partial charge in [-0.2, -0.15) is 8.78 Å². The number of amides is 9. The van der Waals surface area contributed by atoms with Gasteiger partial charge in [0.1, 0.15) is 30.2 Å². The van der Waals surface area contributed by atoms with Crippen molar-refractivity contribution in [2.24, 2.45) is 11.1 Å². The first kappa shape index (κ1) is 66.6. The number of rotatable bonds is 19. The van der Waals surface area contributed by atoms with E-state index < -0.39 is 110 Å². The van der Waals surface area contributed by atoms with Gasteiger partial charge in [-0.3, -0.25) is 57.9 Å². The molecule has 9 amide bonds. The minimum absolute atomic E-state index is 0.0322. The number of likely N-dealkylation sites (tertiary alicyclic amines) is 1. The van der Waals surface area contributed by atoms with Gasteiger partial charge in [-0.15, -0.1) is 11.3 Å². The number of benzene rings is 3. The van der Waals surface area contributed by atoms with E-state index in [9.17, 15) is 75.1 Å². The molecule has 9 N–H and O–H groups in total. The van der Waals surface area contributed by atoms with Crippen molar-refractivity contribution in [3.63, 3.8) is 0 Å². The number of hydrogen-bond donors (Lipinski definition) is 8. The van der Waals surface area contributed by atoms with Crippen molar-refractivity contribution in [3.8, 4) is 0 Å². The van der Waals surface area contributed by atoms with Crippen LogP contribution in [0.1, 0.15) is 147 Å². The number of primary amides is 1. The summed E-state index contributed by atoms with van der Waals surface area (Å²) in [6, 6.07) is 10.7. The Bertz CT molecular complexity index is 3550. The van der Waals surface area contributed by atoms with Crippen LogP contribution in [-0.4, -0.2) is 164 Å². The Hall–Kier alpha value is -7.32. The molecule has 490 valence electrons. The van der Waals surface area contributed by atoms with Crippen molar-refractivity contribution in [2.45, 2.75) is 177 Å². The Morgan fingerprint density at radius 3 is 2.20 bits per heavy atom. The molecule has 28 heteroatoms. The van der Waals surface area contributed by atoms with Crippen LogP contribution >= 0.6 is 18.9 Å². The maximum Gasteiger partial charge on any atom is 0.399 e. The second kappa shape index (κ2) is 26.7. The topological polar surface area (TPSA) is 310 Å². The molecule has 3 aromatic carbocycles. The number of nitrogens with two attached hydrogens (primary N) is 1. The van der Waals surface area contributed by atoms with Gasteiger partial charge in [-0.1, -0.05) is 51.1 Å². The summed E-state index contributed by atoms with van der Waals surface area (Å²) in [5.41, 5.74) is 3.84. The van der Waals surface area contributed by atoms with E-state index in [-0.39, 0.29) is 114 Å². The summed E-state index contributed by atoms with van der Waals surface area (Å²) in [7, 11) is -5.93. The van der Waals surface area contributed by atoms with Crippen LogP contribution in [0, 0.1) is 5.41 Å². The van der Waals surface area contributed by atoms with E-state index in [1.54, 1.807) is 11.0 Å². The SMILES string of the molecule is CC(C)(C)c1ccc(C[C@H](NC(=O)[C@H](CCC(N)=O)NC(=O)[C@@H]2CC[C@@H]3CCN(CC(F)F)C[C@H](NC(=O)c4cc5cc(C(F)(F)P(=O)(O)O)ccc5s4)C(=O)N32)C(=O)N2CCC3(CCC(Nc4ccc5c(c4)CN(C4CCC(=O)NC4=O)C5=O)CC3)CC2)cc1. The molecule has 0 bridgehead atoms. The lowest BCUT2D eigenvalue weighted by Crippen LogP contribution is -2.62. The third kappa shape index (κ3) is 15.0. The fraction of sp³-hybridized carbons (Fsp3) is 0.540. The molecule has 10 rings (SSSR count). The maximum absolute atomic E-state index is 14.9. The van der Waals surface area contributed by atoms with Crippen LogP contribution in [0.15, 0.2) is 66.7 Å². The van der Waals surface area contributed by atoms with Gasteiger partial charge >= 0.3 is 13.3 Å². The number of carbonyl (C=O) groups excluding carboxylic acids is 9. The summed E-state index contributed by atoms with van der Waals surface area (Å²) in [5, 5.41) is 14.3. The second-order valence-electron chi connectivity index (χ2n) is 26.2. The molecule has 1 unspecified atom stereocenters. The maximum atomic E-state index is 14.9. The van der Waals surface area contributed by atoms with Crippen LogP contribution in [0.2, 0.25) is 0 Å². The Labute approximate surface area is 527 Å². The second-order valence-corrected chi connectivity index (χ2v) is 28.9. The fourth-order valence-corrected chi connectivity index (χ4v) is 15.2. The number of carbonyl (C=O) groups is 9. The van der Waals surface area contributed by atoms with Crippen LogP contribution in [-0.2, 0) is 62.2 Å². The monoisotopic (exact) mass is 1300 g/mol. The third-order valence-electron chi connectivity index (χ3n) is 19.0. The van der Waals surface area contributed by atoms with Gasteiger partial charge in [0.2, 0.25) is 41.4 Å². The van der Waals surface area contributed by atoms with Crippen molar-refractivity contribution >= 4 is 87.9 Å². The van der Waals surface area contributed by atoms with Crippen molar-refractivity contribution in [2.75, 3.05) is 38.0 Å². The largest absolute Gasteiger partial charge is 0.399 e. The van der Waals surface area contributed by atoms with Crippen molar-refractivity contribution < 1.29 is 75.1 Å². The molecule has 1 aromatic heterocycles. The number of imide groups is 1. The van der Waals surface area contributed by atoms with Crippen molar-refractivity contribution in [1.29, 1.82) is 0 Å². The van der Waals surface area contributed by atoms with E-state index in [1.807, 2.05) is 36.4 Å². The predicted molar refractivity (Wildman–Crippen MR) is 327 cm³/mol. The molecule has 22 nitrogen and oxygen atoms in total. The molecule has 1 spiro atoms. The molecule has 5 fully saturated rings. The number of fused-ring (bicyclic) bond motifs is 3. The minimum atomic E-state index is -5.93. The number of alkyl halides is 4. The van der Waals surface area contributed by atoms with E-state index in [0.29, 0.717) is 31.5 Å². The zero-order valence-electron chi connectivity index (χ0n) is 50.8. The summed E-state index contributed by atoms with van der Waals surface area (Å²) in [5.74, 6) is -5.46. The lowest BCUT2D eigenvalue weighted by Gasteiger charge is -2.46. The van der Waals surface area contributed by atoms with Gasteiger partial charge in [-0.05, 0) is 140 Å². The number of nitrogens with one attached hydrogen (secondary N) is 5. The lowest BCUT2D eigenvalue weighted by molar-refractivity contribution is -0.144. The summed E-state index contributed by atoms with van der Waals surface area (Å²) in [6.07, 6.45) is 2.45. The molecular weight excluding hydrogens is 1230 g/mol. The van der Waals surface area contributed by atoms with E-state index in [1.165, 1.54) is 20.8 Å². The highest BCUT2D eigenvalue weighted by Gasteiger charge is 2.51. The average Bonchev–Trinajstić information content (AvgIpc) is 1.75. The summed E-state index contributed by atoms with van der Waals surface area (Å²) >= 11 is 0.820. The van der Waals surface area contributed by atoms with E-state index >= 15 is 0 Å². The fourth-order valence-electron chi connectivity index (χ4n) is 13.8. The Morgan fingerprint density at radius 2 is 1.54 bits per heavy atom. The van der Waals surface area contributed by atoms with E-state index in [0.717, 1.165) is 77.6 Å². The van der Waals surface area contributed by atoms with Gasteiger partial charge in [0.25, 0.3) is 18.2 Å². The summed E-state index contributed by atoms with van der Waals surface area (Å²) < 4.78 is 69.1.